The molecular formula is C14H17ClN4O2. The number of hydrogen-bond acceptors (Lipinski definition) is 6. The van der Waals surface area contributed by atoms with Gasteiger partial charge in [0, 0.05) is 13.6 Å². The highest BCUT2D eigenvalue weighted by atomic mass is 35.5. The Bertz CT molecular complexity index is 631. The summed E-state index contributed by atoms with van der Waals surface area (Å²) >= 11 is 6.12. The molecule has 1 aliphatic heterocycles. The van der Waals surface area contributed by atoms with Crippen LogP contribution in [-0.4, -0.2) is 36.7 Å². The van der Waals surface area contributed by atoms with Crippen molar-refractivity contribution in [2.45, 2.75) is 13.0 Å². The van der Waals surface area contributed by atoms with Crippen molar-refractivity contribution >= 4 is 23.1 Å². The number of morpholine rings is 1. The minimum absolute atomic E-state index is 0.106. The van der Waals surface area contributed by atoms with Crippen LogP contribution in [0.2, 0.25) is 5.15 Å². The maximum atomic E-state index is 6.12. The predicted octanol–water partition coefficient (Wildman–Crippen LogP) is 2.65. The summed E-state index contributed by atoms with van der Waals surface area (Å²) in [7, 11) is 1.81. The van der Waals surface area contributed by atoms with Crippen LogP contribution in [0.5, 0.6) is 0 Å². The summed E-state index contributed by atoms with van der Waals surface area (Å²) < 4.78 is 11.5. The first kappa shape index (κ1) is 14.2. The van der Waals surface area contributed by atoms with Crippen molar-refractivity contribution in [1.82, 2.24) is 9.97 Å². The Hall–Kier alpha value is -1.79. The fourth-order valence-corrected chi connectivity index (χ4v) is 2.67. The van der Waals surface area contributed by atoms with Gasteiger partial charge in [-0.15, -0.1) is 0 Å². The number of furan rings is 1. The van der Waals surface area contributed by atoms with Crippen molar-refractivity contribution < 1.29 is 9.15 Å². The van der Waals surface area contributed by atoms with Crippen LogP contribution in [0.3, 0.4) is 0 Å². The molecule has 0 aliphatic carbocycles. The fraction of sp³-hybridized carbons (Fsp3) is 0.429. The molecule has 1 aliphatic rings. The van der Waals surface area contributed by atoms with Crippen molar-refractivity contribution in [2.75, 3.05) is 37.0 Å². The minimum atomic E-state index is -0.106. The van der Waals surface area contributed by atoms with E-state index in [4.69, 9.17) is 20.8 Å². The standard InChI is InChI=1S/C14H17ClN4O2/c1-9-3-4-10(21-9)11-7-19(5-6-20-11)14-12(16-2)13(15)17-8-18-14/h3-4,8,11,16H,5-7H2,1-2H3. The van der Waals surface area contributed by atoms with Crippen molar-refractivity contribution in [1.29, 1.82) is 0 Å². The lowest BCUT2D eigenvalue weighted by Gasteiger charge is -2.33. The molecule has 6 nitrogen and oxygen atoms in total. The van der Waals surface area contributed by atoms with Crippen LogP contribution in [0.15, 0.2) is 22.9 Å². The lowest BCUT2D eigenvalue weighted by molar-refractivity contribution is 0.0250. The van der Waals surface area contributed by atoms with E-state index < -0.39 is 0 Å². The van der Waals surface area contributed by atoms with E-state index in [9.17, 15) is 0 Å². The van der Waals surface area contributed by atoms with Gasteiger partial charge in [-0.3, -0.25) is 0 Å². The summed E-state index contributed by atoms with van der Waals surface area (Å²) in [6.07, 6.45) is 1.37. The zero-order chi connectivity index (χ0) is 14.8. The van der Waals surface area contributed by atoms with Crippen LogP contribution in [-0.2, 0) is 4.74 Å². The molecule has 0 bridgehead atoms. The summed E-state index contributed by atoms with van der Waals surface area (Å²) in [4.78, 5) is 10.5. The molecule has 1 fully saturated rings. The molecule has 0 radical (unpaired) electrons. The number of aryl methyl sites for hydroxylation is 1. The second kappa shape index (κ2) is 5.91. The number of aromatic nitrogens is 2. The van der Waals surface area contributed by atoms with E-state index >= 15 is 0 Å². The smallest absolute Gasteiger partial charge is 0.157 e. The predicted molar refractivity (Wildman–Crippen MR) is 80.9 cm³/mol. The number of anilines is 2. The van der Waals surface area contributed by atoms with Crippen molar-refractivity contribution in [3.8, 4) is 0 Å². The number of nitrogens with zero attached hydrogens (tertiary/aromatic N) is 3. The Balaban J connectivity index is 1.85. The quantitative estimate of drug-likeness (QED) is 0.880. The number of nitrogens with one attached hydrogen (secondary N) is 1. The lowest BCUT2D eigenvalue weighted by atomic mass is 10.2. The molecule has 2 aromatic heterocycles. The van der Waals surface area contributed by atoms with Gasteiger partial charge in [-0.25, -0.2) is 9.97 Å². The fourth-order valence-electron chi connectivity index (χ4n) is 2.45. The first-order valence-electron chi connectivity index (χ1n) is 6.80. The van der Waals surface area contributed by atoms with Crippen LogP contribution in [0.1, 0.15) is 17.6 Å². The third-order valence-corrected chi connectivity index (χ3v) is 3.76. The molecule has 1 N–H and O–H groups in total. The molecule has 0 saturated carbocycles. The number of hydrogen-bond donors (Lipinski definition) is 1. The topological polar surface area (TPSA) is 63.4 Å². The first-order valence-corrected chi connectivity index (χ1v) is 7.18. The maximum absolute atomic E-state index is 6.12. The van der Waals surface area contributed by atoms with Crippen LogP contribution >= 0.6 is 11.6 Å². The molecule has 7 heteroatoms. The average Bonchev–Trinajstić information content (AvgIpc) is 2.94. The largest absolute Gasteiger partial charge is 0.464 e. The summed E-state index contributed by atoms with van der Waals surface area (Å²) in [6, 6.07) is 3.90. The van der Waals surface area contributed by atoms with Gasteiger partial charge < -0.3 is 19.4 Å². The van der Waals surface area contributed by atoms with E-state index in [2.05, 4.69) is 20.2 Å². The summed E-state index contributed by atoms with van der Waals surface area (Å²) in [6.45, 7) is 3.94. The number of rotatable bonds is 3. The van der Waals surface area contributed by atoms with E-state index in [1.54, 1.807) is 0 Å². The second-order valence-electron chi connectivity index (χ2n) is 4.87. The molecule has 0 aromatic carbocycles. The Morgan fingerprint density at radius 1 is 1.38 bits per heavy atom. The van der Waals surface area contributed by atoms with Gasteiger partial charge in [-0.2, -0.15) is 0 Å². The van der Waals surface area contributed by atoms with Crippen LogP contribution in [0.25, 0.3) is 0 Å². The van der Waals surface area contributed by atoms with E-state index in [0.717, 1.165) is 29.6 Å². The zero-order valence-electron chi connectivity index (χ0n) is 12.0. The molecular weight excluding hydrogens is 292 g/mol. The van der Waals surface area contributed by atoms with Gasteiger partial charge >= 0.3 is 0 Å². The van der Waals surface area contributed by atoms with Gasteiger partial charge in [0.15, 0.2) is 11.0 Å². The average molecular weight is 309 g/mol. The summed E-state index contributed by atoms with van der Waals surface area (Å²) in [5.41, 5.74) is 0.732. The minimum Gasteiger partial charge on any atom is -0.464 e. The Kier molecular flexibility index (Phi) is 3.98. The van der Waals surface area contributed by atoms with Crippen LogP contribution < -0.4 is 10.2 Å². The Morgan fingerprint density at radius 2 is 2.24 bits per heavy atom. The second-order valence-corrected chi connectivity index (χ2v) is 5.22. The molecule has 1 atom stereocenters. The highest BCUT2D eigenvalue weighted by Gasteiger charge is 2.27. The lowest BCUT2D eigenvalue weighted by Crippen LogP contribution is -2.39. The SMILES string of the molecule is CNc1c(Cl)ncnc1N1CCOC(c2ccc(C)o2)C1. The highest BCUT2D eigenvalue weighted by Crippen LogP contribution is 2.32. The maximum Gasteiger partial charge on any atom is 0.157 e. The molecule has 112 valence electrons. The van der Waals surface area contributed by atoms with E-state index in [0.29, 0.717) is 18.3 Å². The van der Waals surface area contributed by atoms with E-state index in [1.165, 1.54) is 6.33 Å². The molecule has 1 saturated heterocycles. The van der Waals surface area contributed by atoms with Crippen LogP contribution in [0, 0.1) is 6.92 Å². The van der Waals surface area contributed by atoms with Crippen molar-refractivity contribution in [3.05, 3.63) is 35.1 Å². The molecule has 0 amide bonds. The summed E-state index contributed by atoms with van der Waals surface area (Å²) in [5.74, 6) is 2.50. The molecule has 0 spiro atoms. The van der Waals surface area contributed by atoms with Gasteiger partial charge in [0.2, 0.25) is 0 Å². The molecule has 21 heavy (non-hydrogen) atoms. The Morgan fingerprint density at radius 3 is 2.95 bits per heavy atom. The van der Waals surface area contributed by atoms with Gasteiger partial charge in [0.1, 0.15) is 29.6 Å². The number of halogens is 1. The van der Waals surface area contributed by atoms with E-state index in [-0.39, 0.29) is 6.10 Å². The first-order chi connectivity index (χ1) is 10.2. The number of ether oxygens (including phenoxy) is 1. The Labute approximate surface area is 128 Å². The normalized spacial score (nSPS) is 18.8. The summed E-state index contributed by atoms with van der Waals surface area (Å²) in [5, 5.41) is 3.47. The third-order valence-electron chi connectivity index (χ3n) is 3.48. The molecule has 3 rings (SSSR count). The molecule has 3 heterocycles. The van der Waals surface area contributed by atoms with Crippen molar-refractivity contribution in [2.24, 2.45) is 0 Å². The van der Waals surface area contributed by atoms with Crippen molar-refractivity contribution in [3.63, 3.8) is 0 Å². The third kappa shape index (κ3) is 2.82. The van der Waals surface area contributed by atoms with Crippen LogP contribution in [0.4, 0.5) is 11.5 Å². The molecule has 2 aromatic rings. The van der Waals surface area contributed by atoms with E-state index in [1.807, 2.05) is 26.1 Å². The monoisotopic (exact) mass is 308 g/mol. The van der Waals surface area contributed by atoms with Gasteiger partial charge in [-0.05, 0) is 19.1 Å². The highest BCUT2D eigenvalue weighted by molar-refractivity contribution is 6.32. The molecule has 1 unspecified atom stereocenters. The van der Waals surface area contributed by atoms with Gasteiger partial charge in [-0.1, -0.05) is 11.6 Å². The van der Waals surface area contributed by atoms with Gasteiger partial charge in [0.25, 0.3) is 0 Å². The van der Waals surface area contributed by atoms with Gasteiger partial charge in [0.05, 0.1) is 13.2 Å². The zero-order valence-corrected chi connectivity index (χ0v) is 12.7.